The Balaban J connectivity index is 1.35. The van der Waals surface area contributed by atoms with Crippen molar-refractivity contribution in [3.8, 4) is 0 Å². The number of hydrogen-bond donors (Lipinski definition) is 1. The second-order valence-corrected chi connectivity index (χ2v) is 7.60. The first-order valence-corrected chi connectivity index (χ1v) is 9.58. The molecule has 1 N–H and O–H groups in total. The Kier molecular flexibility index (Phi) is 4.78. The molecular formula is C18H22N4O2S. The number of carbonyl (C=O) groups is 1. The molecule has 132 valence electrons. The quantitative estimate of drug-likeness (QED) is 0.910. The fraction of sp³-hybridized carbons (Fsp3) is 0.500. The lowest BCUT2D eigenvalue weighted by Crippen LogP contribution is -2.46. The van der Waals surface area contributed by atoms with Gasteiger partial charge in [0.25, 0.3) is 5.91 Å². The van der Waals surface area contributed by atoms with Gasteiger partial charge in [-0.1, -0.05) is 0 Å². The van der Waals surface area contributed by atoms with Gasteiger partial charge in [-0.2, -0.15) is 0 Å². The second-order valence-electron chi connectivity index (χ2n) is 6.66. The maximum atomic E-state index is 12.5. The largest absolute Gasteiger partial charge is 0.363 e. The van der Waals surface area contributed by atoms with E-state index in [4.69, 9.17) is 4.74 Å². The number of carbonyl (C=O) groups excluding carboxylic acids is 1. The van der Waals surface area contributed by atoms with Gasteiger partial charge in [-0.15, -0.1) is 11.3 Å². The highest BCUT2D eigenvalue weighted by molar-refractivity contribution is 7.09. The van der Waals surface area contributed by atoms with Crippen LogP contribution in [0.5, 0.6) is 0 Å². The second kappa shape index (κ2) is 7.19. The van der Waals surface area contributed by atoms with Gasteiger partial charge in [0.15, 0.2) is 0 Å². The van der Waals surface area contributed by atoms with Crippen molar-refractivity contribution in [2.24, 2.45) is 0 Å². The van der Waals surface area contributed by atoms with Crippen LogP contribution >= 0.6 is 11.3 Å². The van der Waals surface area contributed by atoms with Gasteiger partial charge >= 0.3 is 0 Å². The lowest BCUT2D eigenvalue weighted by molar-refractivity contribution is -0.138. The number of likely N-dealkylation sites (tertiary alicyclic amines) is 1. The third-order valence-corrected chi connectivity index (χ3v) is 6.00. The highest BCUT2D eigenvalue weighted by Gasteiger charge is 2.41. The van der Waals surface area contributed by atoms with Crippen LogP contribution in [0.25, 0.3) is 0 Å². The monoisotopic (exact) mass is 358 g/mol. The molecule has 7 heteroatoms. The Labute approximate surface area is 151 Å². The minimum absolute atomic E-state index is 0.0665. The summed E-state index contributed by atoms with van der Waals surface area (Å²) in [5.41, 5.74) is 3.75. The number of ether oxygens (including phenoxy) is 1. The standard InChI is InChI=1S/C18H22N4O2S/c1-12-17(25-11-20-12)10-22-8-6-15-14(22)4-5-16(24-15)18(23)21-13-3-2-7-19-9-13/h2-3,7,9,11,14-16H,4-6,8,10H2,1H3,(H,21,23)/t14-,15-,16+/m0/s1. The Morgan fingerprint density at radius 1 is 1.44 bits per heavy atom. The molecule has 0 aliphatic carbocycles. The van der Waals surface area contributed by atoms with Crippen molar-refractivity contribution in [3.05, 3.63) is 40.6 Å². The van der Waals surface area contributed by atoms with Gasteiger partial charge in [-0.3, -0.25) is 14.7 Å². The number of aromatic nitrogens is 2. The van der Waals surface area contributed by atoms with E-state index in [0.717, 1.165) is 38.0 Å². The van der Waals surface area contributed by atoms with Crippen molar-refractivity contribution in [2.45, 2.75) is 51.0 Å². The topological polar surface area (TPSA) is 67.4 Å². The highest BCUT2D eigenvalue weighted by atomic mass is 32.1. The summed E-state index contributed by atoms with van der Waals surface area (Å²) in [6, 6.07) is 4.05. The molecule has 3 atom stereocenters. The number of anilines is 1. The van der Waals surface area contributed by atoms with Crippen molar-refractivity contribution in [1.82, 2.24) is 14.9 Å². The van der Waals surface area contributed by atoms with Gasteiger partial charge in [-0.05, 0) is 38.3 Å². The van der Waals surface area contributed by atoms with Crippen molar-refractivity contribution >= 4 is 22.9 Å². The number of nitrogens with zero attached hydrogens (tertiary/aromatic N) is 3. The number of aryl methyl sites for hydroxylation is 1. The van der Waals surface area contributed by atoms with E-state index in [1.807, 2.05) is 17.6 Å². The van der Waals surface area contributed by atoms with Crippen LogP contribution in [-0.4, -0.2) is 45.6 Å². The van der Waals surface area contributed by atoms with Crippen molar-refractivity contribution < 1.29 is 9.53 Å². The van der Waals surface area contributed by atoms with Gasteiger partial charge < -0.3 is 10.1 Å². The smallest absolute Gasteiger partial charge is 0.253 e. The number of rotatable bonds is 4. The molecule has 0 spiro atoms. The SMILES string of the molecule is Cc1ncsc1CN1CC[C@@H]2O[C@@H](C(=O)Nc3cccnc3)CC[C@@H]21. The predicted molar refractivity (Wildman–Crippen MR) is 96.4 cm³/mol. The molecule has 6 nitrogen and oxygen atoms in total. The fourth-order valence-corrected chi connectivity index (χ4v) is 4.53. The average Bonchev–Trinajstić information content (AvgIpc) is 3.22. The number of nitrogens with one attached hydrogen (secondary N) is 1. The van der Waals surface area contributed by atoms with Crippen LogP contribution in [0.4, 0.5) is 5.69 Å². The minimum Gasteiger partial charge on any atom is -0.363 e. The Bertz CT molecular complexity index is 736. The van der Waals surface area contributed by atoms with Crippen LogP contribution < -0.4 is 5.32 Å². The molecule has 2 aliphatic rings. The van der Waals surface area contributed by atoms with Gasteiger partial charge in [0.2, 0.25) is 0 Å². The lowest BCUT2D eigenvalue weighted by Gasteiger charge is -2.35. The van der Waals surface area contributed by atoms with Crippen LogP contribution in [0.15, 0.2) is 30.0 Å². The minimum atomic E-state index is -0.369. The van der Waals surface area contributed by atoms with E-state index in [1.54, 1.807) is 23.7 Å². The summed E-state index contributed by atoms with van der Waals surface area (Å²) in [4.78, 5) is 24.6. The van der Waals surface area contributed by atoms with E-state index in [9.17, 15) is 4.79 Å². The van der Waals surface area contributed by atoms with Gasteiger partial charge in [0.05, 0.1) is 29.2 Å². The predicted octanol–water partition coefficient (Wildman–Crippen LogP) is 2.61. The number of amides is 1. The van der Waals surface area contributed by atoms with E-state index >= 15 is 0 Å². The first-order valence-electron chi connectivity index (χ1n) is 8.70. The highest BCUT2D eigenvalue weighted by Crippen LogP contribution is 2.33. The molecule has 0 saturated carbocycles. The maximum absolute atomic E-state index is 12.5. The molecule has 0 radical (unpaired) electrons. The van der Waals surface area contributed by atoms with Crippen LogP contribution in [0.3, 0.4) is 0 Å². The Morgan fingerprint density at radius 2 is 2.36 bits per heavy atom. The van der Waals surface area contributed by atoms with E-state index in [2.05, 4.69) is 27.1 Å². The normalized spacial score (nSPS) is 26.4. The summed E-state index contributed by atoms with van der Waals surface area (Å²) in [5.74, 6) is -0.0665. The first-order chi connectivity index (χ1) is 12.2. The van der Waals surface area contributed by atoms with Crippen molar-refractivity contribution in [3.63, 3.8) is 0 Å². The molecule has 2 aromatic rings. The summed E-state index contributed by atoms with van der Waals surface area (Å²) >= 11 is 1.72. The fourth-order valence-electron chi connectivity index (χ4n) is 3.73. The van der Waals surface area contributed by atoms with Gasteiger partial charge in [0.1, 0.15) is 6.10 Å². The van der Waals surface area contributed by atoms with Crippen molar-refractivity contribution in [1.29, 1.82) is 0 Å². The molecule has 4 heterocycles. The number of thiazole rings is 1. The third kappa shape index (κ3) is 3.58. The van der Waals surface area contributed by atoms with E-state index in [1.165, 1.54) is 4.88 Å². The molecule has 2 aromatic heterocycles. The number of fused-ring (bicyclic) bond motifs is 1. The van der Waals surface area contributed by atoms with Crippen LogP contribution in [0, 0.1) is 6.92 Å². The maximum Gasteiger partial charge on any atom is 0.253 e. The molecular weight excluding hydrogens is 336 g/mol. The third-order valence-electron chi connectivity index (χ3n) is 5.08. The number of pyridine rings is 1. The summed E-state index contributed by atoms with van der Waals surface area (Å²) < 4.78 is 6.14. The molecule has 2 aliphatic heterocycles. The van der Waals surface area contributed by atoms with Crippen LogP contribution in [-0.2, 0) is 16.1 Å². The number of hydrogen-bond acceptors (Lipinski definition) is 6. The molecule has 2 fully saturated rings. The molecule has 25 heavy (non-hydrogen) atoms. The zero-order valence-corrected chi connectivity index (χ0v) is 15.0. The van der Waals surface area contributed by atoms with Crippen molar-refractivity contribution in [2.75, 3.05) is 11.9 Å². The van der Waals surface area contributed by atoms with Gasteiger partial charge in [0, 0.05) is 30.2 Å². The molecule has 0 unspecified atom stereocenters. The zero-order valence-electron chi connectivity index (χ0n) is 14.2. The van der Waals surface area contributed by atoms with E-state index in [-0.39, 0.29) is 18.1 Å². The molecule has 2 saturated heterocycles. The summed E-state index contributed by atoms with van der Waals surface area (Å²) in [6.07, 6.45) is 5.85. The van der Waals surface area contributed by atoms with Gasteiger partial charge in [-0.25, -0.2) is 4.98 Å². The molecule has 1 amide bonds. The first kappa shape index (κ1) is 16.6. The summed E-state index contributed by atoms with van der Waals surface area (Å²) in [7, 11) is 0. The molecule has 0 aromatic carbocycles. The van der Waals surface area contributed by atoms with Crippen LogP contribution in [0.2, 0.25) is 0 Å². The van der Waals surface area contributed by atoms with E-state index in [0.29, 0.717) is 11.7 Å². The summed E-state index contributed by atoms with van der Waals surface area (Å²) in [5, 5.41) is 2.90. The van der Waals surface area contributed by atoms with Crippen LogP contribution in [0.1, 0.15) is 29.8 Å². The Hall–Kier alpha value is -1.83. The zero-order chi connectivity index (χ0) is 17.2. The molecule has 4 rings (SSSR count). The molecule has 0 bridgehead atoms. The summed E-state index contributed by atoms with van der Waals surface area (Å²) in [6.45, 7) is 4.02. The van der Waals surface area contributed by atoms with E-state index < -0.39 is 0 Å². The Morgan fingerprint density at radius 3 is 3.12 bits per heavy atom. The lowest BCUT2D eigenvalue weighted by atomic mass is 9.98. The average molecular weight is 358 g/mol.